The summed E-state index contributed by atoms with van der Waals surface area (Å²) in [6.45, 7) is 7.61. The number of amides is 1. The van der Waals surface area contributed by atoms with E-state index in [0.29, 0.717) is 12.3 Å². The van der Waals surface area contributed by atoms with Crippen LogP contribution in [0.25, 0.3) is 0 Å². The molecule has 3 nitrogen and oxygen atoms in total. The average molecular weight is 271 g/mol. The van der Waals surface area contributed by atoms with Crippen LogP contribution in [0.5, 0.6) is 0 Å². The summed E-state index contributed by atoms with van der Waals surface area (Å²) in [5.41, 5.74) is 0. The summed E-state index contributed by atoms with van der Waals surface area (Å²) in [4.78, 5) is 24.9. The fourth-order valence-electron chi connectivity index (χ4n) is 2.46. The number of nitrogens with zero attached hydrogens (tertiary/aromatic N) is 1. The zero-order valence-electron chi connectivity index (χ0n) is 11.8. The molecule has 4 heteroatoms. The largest absolute Gasteiger partial charge is 0.341 e. The minimum atomic E-state index is 0.118. The molecule has 18 heavy (non-hydrogen) atoms. The van der Waals surface area contributed by atoms with E-state index >= 15 is 0 Å². The maximum absolute atomic E-state index is 11.9. The fourth-order valence-corrected chi connectivity index (χ4v) is 3.40. The molecule has 0 N–H and O–H groups in total. The average Bonchev–Trinajstić information content (AvgIpc) is 2.63. The smallest absolute Gasteiger partial charge is 0.223 e. The highest BCUT2D eigenvalue weighted by Crippen LogP contribution is 2.26. The lowest BCUT2D eigenvalue weighted by atomic mass is 9.99. The van der Waals surface area contributed by atoms with Crippen molar-refractivity contribution in [1.29, 1.82) is 0 Å². The number of rotatable bonds is 7. The third kappa shape index (κ3) is 5.01. The van der Waals surface area contributed by atoms with Crippen LogP contribution >= 0.6 is 11.8 Å². The van der Waals surface area contributed by atoms with Crippen molar-refractivity contribution >= 4 is 22.8 Å². The minimum Gasteiger partial charge on any atom is -0.341 e. The van der Waals surface area contributed by atoms with E-state index in [1.807, 2.05) is 4.90 Å². The number of hydrogen-bond donors (Lipinski definition) is 0. The first-order chi connectivity index (χ1) is 8.56. The number of unbranched alkanes of at least 4 members (excludes halogenated alkanes) is 1. The summed E-state index contributed by atoms with van der Waals surface area (Å²) in [6.07, 6.45) is 5.34. The normalized spacial score (nSPS) is 21.4. The minimum absolute atomic E-state index is 0.118. The van der Waals surface area contributed by atoms with E-state index in [1.54, 1.807) is 6.92 Å². The van der Waals surface area contributed by atoms with Crippen LogP contribution in [-0.2, 0) is 9.59 Å². The highest BCUT2D eigenvalue weighted by Gasteiger charge is 2.31. The van der Waals surface area contributed by atoms with Crippen molar-refractivity contribution in [2.75, 3.05) is 13.1 Å². The van der Waals surface area contributed by atoms with Crippen LogP contribution in [-0.4, -0.2) is 34.3 Å². The van der Waals surface area contributed by atoms with Gasteiger partial charge in [0.2, 0.25) is 5.91 Å². The first-order valence-corrected chi connectivity index (χ1v) is 7.89. The summed E-state index contributed by atoms with van der Waals surface area (Å²) in [5, 5.41) is 0.298. The molecule has 1 aliphatic heterocycles. The van der Waals surface area contributed by atoms with Crippen LogP contribution in [0.15, 0.2) is 0 Å². The Morgan fingerprint density at radius 2 is 2.22 bits per heavy atom. The van der Waals surface area contributed by atoms with Gasteiger partial charge in [0.25, 0.3) is 0 Å². The Hall–Kier alpha value is -0.510. The molecule has 0 aromatic carbocycles. The van der Waals surface area contributed by atoms with Gasteiger partial charge in [0.1, 0.15) is 0 Å². The van der Waals surface area contributed by atoms with Gasteiger partial charge in [-0.15, -0.1) is 0 Å². The van der Waals surface area contributed by atoms with Gasteiger partial charge in [-0.1, -0.05) is 44.9 Å². The molecule has 1 heterocycles. The van der Waals surface area contributed by atoms with E-state index in [0.717, 1.165) is 19.5 Å². The van der Waals surface area contributed by atoms with Gasteiger partial charge in [-0.2, -0.15) is 0 Å². The second-order valence-corrected chi connectivity index (χ2v) is 6.63. The zero-order valence-corrected chi connectivity index (χ0v) is 12.6. The Morgan fingerprint density at radius 1 is 1.50 bits per heavy atom. The van der Waals surface area contributed by atoms with Gasteiger partial charge in [0, 0.05) is 31.7 Å². The third-order valence-corrected chi connectivity index (χ3v) is 4.51. The van der Waals surface area contributed by atoms with Gasteiger partial charge in [-0.25, -0.2) is 0 Å². The lowest BCUT2D eigenvalue weighted by molar-refractivity contribution is -0.128. The molecule has 1 fully saturated rings. The molecule has 0 bridgehead atoms. The quantitative estimate of drug-likeness (QED) is 0.714. The van der Waals surface area contributed by atoms with Gasteiger partial charge in [0.05, 0.1) is 0 Å². The summed E-state index contributed by atoms with van der Waals surface area (Å²) in [5.74, 6) is 0.846. The Labute approximate surface area is 115 Å². The van der Waals surface area contributed by atoms with Crippen molar-refractivity contribution in [3.63, 3.8) is 0 Å². The van der Waals surface area contributed by atoms with Gasteiger partial charge in [0.15, 0.2) is 5.12 Å². The standard InChI is InChI=1S/C14H25NO2S/c1-4-6-7-12(5-2)9-15-10-13(8-14(15)17)18-11(3)16/h12-13H,4-10H2,1-3H3. The fraction of sp³-hybridized carbons (Fsp3) is 0.857. The zero-order chi connectivity index (χ0) is 13.5. The van der Waals surface area contributed by atoms with Crippen LogP contribution in [0, 0.1) is 5.92 Å². The number of likely N-dealkylation sites (tertiary alicyclic amines) is 1. The van der Waals surface area contributed by atoms with Crippen molar-refractivity contribution < 1.29 is 9.59 Å². The monoisotopic (exact) mass is 271 g/mol. The number of carbonyl (C=O) groups excluding carboxylic acids is 2. The van der Waals surface area contributed by atoms with Crippen LogP contribution in [0.1, 0.15) is 52.9 Å². The van der Waals surface area contributed by atoms with Crippen LogP contribution in [0.2, 0.25) is 0 Å². The summed E-state index contributed by atoms with van der Waals surface area (Å²) in [6, 6.07) is 0. The molecule has 2 atom stereocenters. The topological polar surface area (TPSA) is 37.4 Å². The first-order valence-electron chi connectivity index (χ1n) is 7.01. The Balaban J connectivity index is 2.41. The Bertz CT molecular complexity index is 294. The molecule has 1 saturated heterocycles. The third-order valence-electron chi connectivity index (χ3n) is 3.53. The number of hydrogen-bond acceptors (Lipinski definition) is 3. The van der Waals surface area contributed by atoms with Crippen molar-refractivity contribution in [2.45, 2.75) is 58.1 Å². The molecule has 0 aliphatic carbocycles. The molecule has 0 aromatic heterocycles. The van der Waals surface area contributed by atoms with Crippen molar-refractivity contribution in [3.8, 4) is 0 Å². The van der Waals surface area contributed by atoms with Crippen LogP contribution in [0.4, 0.5) is 0 Å². The van der Waals surface area contributed by atoms with E-state index in [2.05, 4.69) is 13.8 Å². The second-order valence-electron chi connectivity index (χ2n) is 5.15. The van der Waals surface area contributed by atoms with E-state index in [1.165, 1.54) is 31.0 Å². The van der Waals surface area contributed by atoms with E-state index in [-0.39, 0.29) is 16.3 Å². The maximum Gasteiger partial charge on any atom is 0.223 e. The van der Waals surface area contributed by atoms with Crippen LogP contribution < -0.4 is 0 Å². The van der Waals surface area contributed by atoms with E-state index < -0.39 is 0 Å². The predicted molar refractivity (Wildman–Crippen MR) is 76.6 cm³/mol. The Kier molecular flexibility index (Phi) is 6.76. The maximum atomic E-state index is 11.9. The van der Waals surface area contributed by atoms with Gasteiger partial charge in [-0.3, -0.25) is 9.59 Å². The SMILES string of the molecule is CCCCC(CC)CN1CC(SC(C)=O)CC1=O. The molecule has 104 valence electrons. The molecular formula is C14H25NO2S. The Morgan fingerprint density at radius 3 is 2.78 bits per heavy atom. The van der Waals surface area contributed by atoms with Crippen molar-refractivity contribution in [3.05, 3.63) is 0 Å². The molecule has 1 aliphatic rings. The summed E-state index contributed by atoms with van der Waals surface area (Å²) >= 11 is 1.32. The molecule has 1 amide bonds. The van der Waals surface area contributed by atoms with Crippen molar-refractivity contribution in [2.24, 2.45) is 5.92 Å². The summed E-state index contributed by atoms with van der Waals surface area (Å²) in [7, 11) is 0. The second kappa shape index (κ2) is 7.82. The molecular weight excluding hydrogens is 246 g/mol. The van der Waals surface area contributed by atoms with Gasteiger partial charge in [-0.05, 0) is 12.3 Å². The lowest BCUT2D eigenvalue weighted by Crippen LogP contribution is -2.31. The van der Waals surface area contributed by atoms with E-state index in [9.17, 15) is 9.59 Å². The van der Waals surface area contributed by atoms with Crippen molar-refractivity contribution in [1.82, 2.24) is 4.90 Å². The van der Waals surface area contributed by atoms with Gasteiger partial charge >= 0.3 is 0 Å². The first kappa shape index (κ1) is 15.5. The molecule has 2 unspecified atom stereocenters. The molecule has 1 rings (SSSR count). The summed E-state index contributed by atoms with van der Waals surface area (Å²) < 4.78 is 0. The highest BCUT2D eigenvalue weighted by atomic mass is 32.2. The van der Waals surface area contributed by atoms with Crippen LogP contribution in [0.3, 0.4) is 0 Å². The number of carbonyl (C=O) groups is 2. The van der Waals surface area contributed by atoms with E-state index in [4.69, 9.17) is 0 Å². The molecule has 0 radical (unpaired) electrons. The molecule has 0 saturated carbocycles. The lowest BCUT2D eigenvalue weighted by Gasteiger charge is -2.23. The van der Waals surface area contributed by atoms with Gasteiger partial charge < -0.3 is 4.90 Å². The molecule has 0 spiro atoms. The molecule has 0 aromatic rings. The highest BCUT2D eigenvalue weighted by molar-refractivity contribution is 8.14. The predicted octanol–water partition coefficient (Wildman–Crippen LogP) is 3.08. The number of thioether (sulfide) groups is 1.